The van der Waals surface area contributed by atoms with Gasteiger partial charge < -0.3 is 20.2 Å². The molecule has 1 aliphatic carbocycles. The summed E-state index contributed by atoms with van der Waals surface area (Å²) in [7, 11) is 0. The van der Waals surface area contributed by atoms with Crippen molar-refractivity contribution in [2.45, 2.75) is 25.8 Å². The van der Waals surface area contributed by atoms with Gasteiger partial charge in [0.25, 0.3) is 0 Å². The zero-order chi connectivity index (χ0) is 13.0. The number of aliphatic carboxylic acids is 1. The van der Waals surface area contributed by atoms with Crippen molar-refractivity contribution in [3.8, 4) is 0 Å². The summed E-state index contributed by atoms with van der Waals surface area (Å²) in [6, 6.07) is 1.40. The molecule has 3 N–H and O–H groups in total. The van der Waals surface area contributed by atoms with E-state index in [0.717, 1.165) is 12.0 Å². The van der Waals surface area contributed by atoms with Crippen molar-refractivity contribution >= 4 is 12.0 Å². The lowest BCUT2D eigenvalue weighted by Crippen LogP contribution is -2.49. The highest BCUT2D eigenvalue weighted by Gasteiger charge is 2.44. The first kappa shape index (κ1) is 12.5. The second kappa shape index (κ2) is 5.12. The minimum atomic E-state index is -0.830. The fourth-order valence-electron chi connectivity index (χ4n) is 1.96. The van der Waals surface area contributed by atoms with Gasteiger partial charge in [-0.3, -0.25) is 4.79 Å². The molecular weight excluding hydrogens is 236 g/mol. The van der Waals surface area contributed by atoms with Crippen molar-refractivity contribution in [1.82, 2.24) is 10.6 Å². The van der Waals surface area contributed by atoms with Gasteiger partial charge in [-0.2, -0.15) is 0 Å². The van der Waals surface area contributed by atoms with Crippen molar-refractivity contribution < 1.29 is 19.1 Å². The molecule has 0 unspecified atom stereocenters. The summed E-state index contributed by atoms with van der Waals surface area (Å²) >= 11 is 0. The van der Waals surface area contributed by atoms with Crippen molar-refractivity contribution in [3.63, 3.8) is 0 Å². The summed E-state index contributed by atoms with van der Waals surface area (Å²) in [5.41, 5.74) is 0.106. The second-order valence-corrected chi connectivity index (χ2v) is 4.61. The normalized spacial score (nSPS) is 16.7. The number of furan rings is 1. The first-order chi connectivity index (χ1) is 8.62. The van der Waals surface area contributed by atoms with Crippen LogP contribution in [0.3, 0.4) is 0 Å². The average Bonchev–Trinajstić information content (AvgIpc) is 2.77. The first-order valence-electron chi connectivity index (χ1n) is 5.89. The van der Waals surface area contributed by atoms with Crippen LogP contribution in [0.2, 0.25) is 0 Å². The Morgan fingerprint density at radius 2 is 2.17 bits per heavy atom. The molecule has 98 valence electrons. The van der Waals surface area contributed by atoms with E-state index in [4.69, 9.17) is 9.52 Å². The van der Waals surface area contributed by atoms with Crippen LogP contribution >= 0.6 is 0 Å². The molecule has 0 aromatic carbocycles. The van der Waals surface area contributed by atoms with Gasteiger partial charge in [0.1, 0.15) is 0 Å². The number of carboxylic acid groups (broad SMARTS) is 1. The van der Waals surface area contributed by atoms with Crippen LogP contribution in [0.1, 0.15) is 24.8 Å². The highest BCUT2D eigenvalue weighted by atomic mass is 16.4. The monoisotopic (exact) mass is 252 g/mol. The summed E-state index contributed by atoms with van der Waals surface area (Å²) in [6.07, 6.45) is 5.24. The number of carbonyl (C=O) groups is 2. The summed E-state index contributed by atoms with van der Waals surface area (Å²) < 4.78 is 4.87. The molecule has 2 rings (SSSR count). The van der Waals surface area contributed by atoms with Crippen LogP contribution in [0.5, 0.6) is 0 Å². The third-order valence-corrected chi connectivity index (χ3v) is 3.38. The average molecular weight is 252 g/mol. The van der Waals surface area contributed by atoms with E-state index in [1.54, 1.807) is 12.3 Å². The molecule has 1 heterocycles. The van der Waals surface area contributed by atoms with Crippen LogP contribution in [0.15, 0.2) is 23.0 Å². The molecule has 1 aliphatic rings. The molecule has 0 radical (unpaired) electrons. The molecule has 2 amide bonds. The van der Waals surface area contributed by atoms with Gasteiger partial charge in [0.2, 0.25) is 0 Å². The maximum absolute atomic E-state index is 11.5. The molecule has 6 heteroatoms. The quantitative estimate of drug-likeness (QED) is 0.737. The van der Waals surface area contributed by atoms with Crippen molar-refractivity contribution in [2.75, 3.05) is 6.54 Å². The zero-order valence-corrected chi connectivity index (χ0v) is 9.94. The minimum absolute atomic E-state index is 0.180. The van der Waals surface area contributed by atoms with Crippen LogP contribution < -0.4 is 10.6 Å². The predicted molar refractivity (Wildman–Crippen MR) is 62.9 cm³/mol. The standard InChI is InChI=1S/C12H16N2O4/c15-10(16)12(3-1-4-12)8-14-11(17)13-6-9-2-5-18-7-9/h2,5,7H,1,3-4,6,8H2,(H,15,16)(H2,13,14,17). The molecule has 1 aromatic heterocycles. The largest absolute Gasteiger partial charge is 0.481 e. The van der Waals surface area contributed by atoms with Gasteiger partial charge >= 0.3 is 12.0 Å². The van der Waals surface area contributed by atoms with Gasteiger partial charge in [-0.05, 0) is 18.9 Å². The molecule has 0 saturated heterocycles. The lowest BCUT2D eigenvalue weighted by atomic mass is 9.69. The number of nitrogens with one attached hydrogen (secondary N) is 2. The number of amides is 2. The van der Waals surface area contributed by atoms with Gasteiger partial charge in [0.05, 0.1) is 17.9 Å². The van der Waals surface area contributed by atoms with E-state index in [2.05, 4.69) is 10.6 Å². The van der Waals surface area contributed by atoms with E-state index in [0.29, 0.717) is 19.4 Å². The van der Waals surface area contributed by atoms with Gasteiger partial charge in [0, 0.05) is 18.7 Å². The third-order valence-electron chi connectivity index (χ3n) is 3.38. The topological polar surface area (TPSA) is 91.6 Å². The zero-order valence-electron chi connectivity index (χ0n) is 9.94. The van der Waals surface area contributed by atoms with Gasteiger partial charge in [0.15, 0.2) is 0 Å². The number of carboxylic acids is 1. The summed E-state index contributed by atoms with van der Waals surface area (Å²) in [4.78, 5) is 22.6. The maximum atomic E-state index is 11.5. The molecule has 1 aromatic rings. The van der Waals surface area contributed by atoms with Crippen LogP contribution in [-0.2, 0) is 11.3 Å². The van der Waals surface area contributed by atoms with E-state index < -0.39 is 11.4 Å². The molecule has 0 aliphatic heterocycles. The van der Waals surface area contributed by atoms with E-state index in [9.17, 15) is 9.59 Å². The van der Waals surface area contributed by atoms with Gasteiger partial charge in [-0.25, -0.2) is 4.79 Å². The summed E-state index contributed by atoms with van der Waals surface area (Å²) in [5.74, 6) is -0.830. The van der Waals surface area contributed by atoms with Crippen molar-refractivity contribution in [3.05, 3.63) is 24.2 Å². The summed E-state index contributed by atoms with van der Waals surface area (Å²) in [6.45, 7) is 0.544. The molecule has 0 bridgehead atoms. The van der Waals surface area contributed by atoms with Crippen LogP contribution in [0.4, 0.5) is 4.79 Å². The van der Waals surface area contributed by atoms with Crippen molar-refractivity contribution in [2.24, 2.45) is 5.41 Å². The Balaban J connectivity index is 1.73. The Morgan fingerprint density at radius 1 is 1.39 bits per heavy atom. The number of hydrogen-bond donors (Lipinski definition) is 3. The molecule has 6 nitrogen and oxygen atoms in total. The van der Waals surface area contributed by atoms with E-state index in [-0.39, 0.29) is 12.6 Å². The Labute approximate surface area is 104 Å². The SMILES string of the molecule is O=C(NCc1ccoc1)NCC1(C(=O)O)CCC1. The number of carbonyl (C=O) groups excluding carboxylic acids is 1. The van der Waals surface area contributed by atoms with Gasteiger partial charge in [-0.15, -0.1) is 0 Å². The molecular formula is C12H16N2O4. The van der Waals surface area contributed by atoms with Crippen LogP contribution in [-0.4, -0.2) is 23.7 Å². The third kappa shape index (κ3) is 2.64. The first-order valence-corrected chi connectivity index (χ1v) is 5.89. The molecule has 1 fully saturated rings. The Hall–Kier alpha value is -1.98. The molecule has 0 atom stereocenters. The van der Waals surface area contributed by atoms with Gasteiger partial charge in [-0.1, -0.05) is 6.42 Å². The number of hydrogen-bond acceptors (Lipinski definition) is 3. The molecule has 1 saturated carbocycles. The predicted octanol–water partition coefficient (Wildman–Crippen LogP) is 1.33. The fraction of sp³-hybridized carbons (Fsp3) is 0.500. The smallest absolute Gasteiger partial charge is 0.315 e. The van der Waals surface area contributed by atoms with Crippen molar-refractivity contribution in [1.29, 1.82) is 0 Å². The highest BCUT2D eigenvalue weighted by Crippen LogP contribution is 2.40. The highest BCUT2D eigenvalue weighted by molar-refractivity contribution is 5.78. The van der Waals surface area contributed by atoms with Crippen LogP contribution in [0.25, 0.3) is 0 Å². The Morgan fingerprint density at radius 3 is 2.67 bits per heavy atom. The summed E-state index contributed by atoms with van der Waals surface area (Å²) in [5, 5.41) is 14.3. The number of rotatable bonds is 5. The Kier molecular flexibility index (Phi) is 3.55. The second-order valence-electron chi connectivity index (χ2n) is 4.61. The van der Waals surface area contributed by atoms with E-state index in [1.165, 1.54) is 6.26 Å². The van der Waals surface area contributed by atoms with E-state index in [1.807, 2.05) is 0 Å². The minimum Gasteiger partial charge on any atom is -0.481 e. The number of urea groups is 1. The molecule has 18 heavy (non-hydrogen) atoms. The van der Waals surface area contributed by atoms with Crippen LogP contribution in [0, 0.1) is 5.41 Å². The maximum Gasteiger partial charge on any atom is 0.315 e. The molecule has 0 spiro atoms. The Bertz CT molecular complexity index is 423. The van der Waals surface area contributed by atoms with E-state index >= 15 is 0 Å². The lowest BCUT2D eigenvalue weighted by molar-refractivity contribution is -0.153. The fourth-order valence-corrected chi connectivity index (χ4v) is 1.96. The lowest BCUT2D eigenvalue weighted by Gasteiger charge is -2.37.